The Bertz CT molecular complexity index is 697. The second kappa shape index (κ2) is 7.18. The second-order valence-corrected chi connectivity index (χ2v) is 6.23. The molecule has 1 atom stereocenters. The summed E-state index contributed by atoms with van der Waals surface area (Å²) in [5.74, 6) is 0.287. The van der Waals surface area contributed by atoms with Gasteiger partial charge >= 0.3 is 0 Å². The molecular weight excluding hydrogens is 310 g/mol. The van der Waals surface area contributed by atoms with Crippen LogP contribution in [0.25, 0.3) is 5.57 Å². The van der Waals surface area contributed by atoms with Crippen molar-refractivity contribution in [3.05, 3.63) is 70.8 Å². The number of aromatic hydroxyl groups is 1. The van der Waals surface area contributed by atoms with Crippen LogP contribution in [-0.2, 0) is 0 Å². The van der Waals surface area contributed by atoms with Crippen molar-refractivity contribution in [3.63, 3.8) is 0 Å². The van der Waals surface area contributed by atoms with Gasteiger partial charge in [-0.1, -0.05) is 48.0 Å². The molecule has 3 nitrogen and oxygen atoms in total. The summed E-state index contributed by atoms with van der Waals surface area (Å²) < 4.78 is 0. The number of β-amino-alcohol motifs (C(OH)–C–C–N with tert-alkyl or cyclic N) is 1. The van der Waals surface area contributed by atoms with Gasteiger partial charge in [-0.3, -0.25) is 4.90 Å². The molecule has 0 radical (unpaired) electrons. The molecule has 2 N–H and O–H groups in total. The first-order valence-corrected chi connectivity index (χ1v) is 8.14. The van der Waals surface area contributed by atoms with E-state index in [-0.39, 0.29) is 5.75 Å². The van der Waals surface area contributed by atoms with Gasteiger partial charge in [0, 0.05) is 30.2 Å². The summed E-state index contributed by atoms with van der Waals surface area (Å²) in [5, 5.41) is 20.4. The fourth-order valence-corrected chi connectivity index (χ4v) is 3.16. The molecule has 23 heavy (non-hydrogen) atoms. The maximum absolute atomic E-state index is 10.4. The third-order valence-corrected chi connectivity index (χ3v) is 4.57. The number of hydrogen-bond donors (Lipinski definition) is 2. The molecule has 0 fully saturated rings. The zero-order valence-electron chi connectivity index (χ0n) is 12.8. The second-order valence-electron chi connectivity index (χ2n) is 5.82. The molecule has 0 spiro atoms. The zero-order valence-corrected chi connectivity index (χ0v) is 13.6. The summed E-state index contributed by atoms with van der Waals surface area (Å²) in [7, 11) is 0. The quantitative estimate of drug-likeness (QED) is 0.895. The van der Waals surface area contributed by atoms with Crippen LogP contribution in [0.4, 0.5) is 0 Å². The molecular formula is C19H20ClNO2. The number of phenolic OH excluding ortho intramolecular Hbond substituents is 1. The highest BCUT2D eigenvalue weighted by Crippen LogP contribution is 2.27. The van der Waals surface area contributed by atoms with Gasteiger partial charge in [-0.05, 0) is 35.8 Å². The van der Waals surface area contributed by atoms with Crippen molar-refractivity contribution in [2.75, 3.05) is 19.6 Å². The summed E-state index contributed by atoms with van der Waals surface area (Å²) in [6.45, 7) is 2.27. The number of halogens is 1. The molecule has 0 saturated heterocycles. The average Bonchev–Trinajstić information content (AvgIpc) is 2.57. The lowest BCUT2D eigenvalue weighted by Gasteiger charge is -2.28. The Labute approximate surface area is 141 Å². The van der Waals surface area contributed by atoms with Crippen molar-refractivity contribution in [1.82, 2.24) is 4.90 Å². The number of hydrogen-bond acceptors (Lipinski definition) is 3. The first-order chi connectivity index (χ1) is 11.1. The van der Waals surface area contributed by atoms with Gasteiger partial charge in [-0.2, -0.15) is 0 Å². The van der Waals surface area contributed by atoms with Crippen LogP contribution in [0.2, 0.25) is 5.02 Å². The van der Waals surface area contributed by atoms with Crippen LogP contribution in [0.3, 0.4) is 0 Å². The summed E-state index contributed by atoms with van der Waals surface area (Å²) in [5.41, 5.74) is 3.21. The van der Waals surface area contributed by atoms with Crippen molar-refractivity contribution in [2.24, 2.45) is 0 Å². The molecule has 4 heteroatoms. The van der Waals surface area contributed by atoms with Gasteiger partial charge in [0.05, 0.1) is 6.10 Å². The summed E-state index contributed by atoms with van der Waals surface area (Å²) in [6, 6.07) is 14.7. The monoisotopic (exact) mass is 329 g/mol. The predicted molar refractivity (Wildman–Crippen MR) is 93.6 cm³/mol. The average molecular weight is 330 g/mol. The molecule has 0 aliphatic carbocycles. The molecule has 3 rings (SSSR count). The molecule has 0 amide bonds. The van der Waals surface area contributed by atoms with E-state index in [1.54, 1.807) is 18.2 Å². The molecule has 120 valence electrons. The normalized spacial score (nSPS) is 16.9. The molecule has 1 aliphatic rings. The van der Waals surface area contributed by atoms with Crippen LogP contribution >= 0.6 is 11.6 Å². The van der Waals surface area contributed by atoms with Gasteiger partial charge < -0.3 is 10.2 Å². The first-order valence-electron chi connectivity index (χ1n) is 7.77. The van der Waals surface area contributed by atoms with Crippen LogP contribution in [0, 0.1) is 0 Å². The lowest BCUT2D eigenvalue weighted by Crippen LogP contribution is -2.32. The fourth-order valence-electron chi connectivity index (χ4n) is 2.90. The molecule has 1 heterocycles. The predicted octanol–water partition coefficient (Wildman–Crippen LogP) is 3.87. The van der Waals surface area contributed by atoms with E-state index in [4.69, 9.17) is 11.6 Å². The van der Waals surface area contributed by atoms with Crippen molar-refractivity contribution in [1.29, 1.82) is 0 Å². The van der Waals surface area contributed by atoms with Crippen LogP contribution in [-0.4, -0.2) is 34.7 Å². The van der Waals surface area contributed by atoms with E-state index in [1.165, 1.54) is 5.57 Å². The van der Waals surface area contributed by atoms with Crippen LogP contribution in [0.15, 0.2) is 54.6 Å². The van der Waals surface area contributed by atoms with Crippen LogP contribution < -0.4 is 0 Å². The van der Waals surface area contributed by atoms with E-state index < -0.39 is 6.10 Å². The Balaban J connectivity index is 1.62. The lowest BCUT2D eigenvalue weighted by molar-refractivity contribution is 0.119. The zero-order chi connectivity index (χ0) is 16.2. The van der Waals surface area contributed by atoms with Gasteiger partial charge in [-0.15, -0.1) is 0 Å². The number of rotatable bonds is 4. The number of nitrogens with zero attached hydrogens (tertiary/aromatic N) is 1. The SMILES string of the molecule is Oc1ccc(C2=CCN(CC(O)c3ccccc3Cl)CC2)cc1. The summed E-state index contributed by atoms with van der Waals surface area (Å²) in [6.07, 6.45) is 2.54. The Kier molecular flexibility index (Phi) is 5.01. The van der Waals surface area contributed by atoms with Gasteiger partial charge in [0.25, 0.3) is 0 Å². The van der Waals surface area contributed by atoms with Gasteiger partial charge in [0.1, 0.15) is 5.75 Å². The number of benzene rings is 2. The fraction of sp³-hybridized carbons (Fsp3) is 0.263. The molecule has 0 aromatic heterocycles. The lowest BCUT2D eigenvalue weighted by atomic mass is 9.99. The smallest absolute Gasteiger partial charge is 0.115 e. The minimum atomic E-state index is -0.577. The highest BCUT2D eigenvalue weighted by molar-refractivity contribution is 6.31. The standard InChI is InChI=1S/C19H20ClNO2/c20-18-4-2-1-3-17(18)19(23)13-21-11-9-15(10-12-21)14-5-7-16(22)8-6-14/h1-9,19,22-23H,10-13H2. The van der Waals surface area contributed by atoms with E-state index in [1.807, 2.05) is 30.3 Å². The molecule has 0 saturated carbocycles. The Morgan fingerprint density at radius 1 is 1.09 bits per heavy atom. The van der Waals surface area contributed by atoms with Crippen molar-refractivity contribution in [2.45, 2.75) is 12.5 Å². The van der Waals surface area contributed by atoms with Crippen LogP contribution in [0.1, 0.15) is 23.7 Å². The number of aliphatic hydroxyl groups excluding tert-OH is 1. The summed E-state index contributed by atoms with van der Waals surface area (Å²) in [4.78, 5) is 2.22. The number of aliphatic hydroxyl groups is 1. The molecule has 2 aromatic carbocycles. The Hall–Kier alpha value is -1.81. The van der Waals surface area contributed by atoms with Gasteiger partial charge in [0.2, 0.25) is 0 Å². The first kappa shape index (κ1) is 16.1. The highest BCUT2D eigenvalue weighted by atomic mass is 35.5. The van der Waals surface area contributed by atoms with Gasteiger partial charge in [-0.25, -0.2) is 0 Å². The van der Waals surface area contributed by atoms with Gasteiger partial charge in [0.15, 0.2) is 0 Å². The molecule has 1 aliphatic heterocycles. The van der Waals surface area contributed by atoms with Crippen LogP contribution in [0.5, 0.6) is 5.75 Å². The molecule has 1 unspecified atom stereocenters. The van der Waals surface area contributed by atoms with E-state index in [0.717, 1.165) is 30.6 Å². The van der Waals surface area contributed by atoms with E-state index in [2.05, 4.69) is 11.0 Å². The Morgan fingerprint density at radius 2 is 1.83 bits per heavy atom. The van der Waals surface area contributed by atoms with Crippen molar-refractivity contribution >= 4 is 17.2 Å². The minimum absolute atomic E-state index is 0.287. The topological polar surface area (TPSA) is 43.7 Å². The molecule has 0 bridgehead atoms. The van der Waals surface area contributed by atoms with Crippen molar-refractivity contribution in [3.8, 4) is 5.75 Å². The summed E-state index contributed by atoms with van der Waals surface area (Å²) >= 11 is 6.14. The molecule has 2 aromatic rings. The largest absolute Gasteiger partial charge is 0.508 e. The van der Waals surface area contributed by atoms with Crippen molar-refractivity contribution < 1.29 is 10.2 Å². The maximum Gasteiger partial charge on any atom is 0.115 e. The third kappa shape index (κ3) is 3.94. The van der Waals surface area contributed by atoms with E-state index in [9.17, 15) is 10.2 Å². The minimum Gasteiger partial charge on any atom is -0.508 e. The Morgan fingerprint density at radius 3 is 2.48 bits per heavy atom. The number of phenols is 1. The maximum atomic E-state index is 10.4. The third-order valence-electron chi connectivity index (χ3n) is 4.23. The highest BCUT2D eigenvalue weighted by Gasteiger charge is 2.18. The van der Waals surface area contributed by atoms with E-state index >= 15 is 0 Å². The van der Waals surface area contributed by atoms with E-state index in [0.29, 0.717) is 11.6 Å².